The molecule has 0 radical (unpaired) electrons. The van der Waals surface area contributed by atoms with Gasteiger partial charge in [0, 0.05) is 12.8 Å². The molecule has 1 aromatic rings. The lowest BCUT2D eigenvalue weighted by molar-refractivity contribution is -0.118. The van der Waals surface area contributed by atoms with Crippen LogP contribution in [0, 0.1) is 0 Å². The zero-order chi connectivity index (χ0) is 12.9. The van der Waals surface area contributed by atoms with Crippen LogP contribution in [-0.4, -0.2) is 12.4 Å². The molecule has 96 valence electrons. The Bertz CT molecular complexity index is 274. The summed E-state index contributed by atoms with van der Waals surface area (Å²) in [4.78, 5) is 10.2. The standard InChI is InChI=1S/C10H14O.C5H10O/c1-2-3-9-11-10-7-5-4-6-8-10;1-3-5(6)4-2/h4-8H,2-3,9H2,1H3;3-4H2,1-2H3. The van der Waals surface area contributed by atoms with E-state index in [1.165, 1.54) is 6.42 Å². The molecule has 0 amide bonds. The van der Waals surface area contributed by atoms with Gasteiger partial charge in [0.2, 0.25) is 0 Å². The Kier molecular flexibility index (Phi) is 10.3. The van der Waals surface area contributed by atoms with Crippen LogP contribution in [0.25, 0.3) is 0 Å². The smallest absolute Gasteiger partial charge is 0.132 e. The number of unbranched alkanes of at least 4 members (excludes halogenated alkanes) is 1. The number of para-hydroxylation sites is 1. The number of rotatable bonds is 6. The van der Waals surface area contributed by atoms with Crippen LogP contribution in [0.15, 0.2) is 30.3 Å². The lowest BCUT2D eigenvalue weighted by Gasteiger charge is -2.03. The van der Waals surface area contributed by atoms with E-state index >= 15 is 0 Å². The molecule has 1 aromatic carbocycles. The first-order valence-corrected chi connectivity index (χ1v) is 6.44. The average molecular weight is 236 g/mol. The van der Waals surface area contributed by atoms with Crippen molar-refractivity contribution in [1.29, 1.82) is 0 Å². The monoisotopic (exact) mass is 236 g/mol. The number of carbonyl (C=O) groups is 1. The summed E-state index contributed by atoms with van der Waals surface area (Å²) in [5.41, 5.74) is 0. The molecular formula is C15H24O2. The number of ether oxygens (including phenoxy) is 1. The molecule has 0 saturated carbocycles. The Balaban J connectivity index is 0.000000366. The molecule has 0 aliphatic heterocycles. The molecule has 0 saturated heterocycles. The highest BCUT2D eigenvalue weighted by Crippen LogP contribution is 2.08. The van der Waals surface area contributed by atoms with Crippen molar-refractivity contribution in [3.8, 4) is 5.75 Å². The molecule has 0 aromatic heterocycles. The van der Waals surface area contributed by atoms with Gasteiger partial charge in [-0.05, 0) is 18.6 Å². The summed E-state index contributed by atoms with van der Waals surface area (Å²) >= 11 is 0. The Morgan fingerprint density at radius 3 is 2.06 bits per heavy atom. The largest absolute Gasteiger partial charge is 0.494 e. The second kappa shape index (κ2) is 11.2. The minimum absolute atomic E-state index is 0.343. The van der Waals surface area contributed by atoms with Gasteiger partial charge in [-0.1, -0.05) is 45.4 Å². The van der Waals surface area contributed by atoms with Crippen molar-refractivity contribution in [1.82, 2.24) is 0 Å². The number of benzene rings is 1. The third-order valence-electron chi connectivity index (χ3n) is 2.30. The quantitative estimate of drug-likeness (QED) is 0.690. The molecule has 0 bridgehead atoms. The van der Waals surface area contributed by atoms with E-state index in [1.807, 2.05) is 44.2 Å². The molecule has 2 nitrogen and oxygen atoms in total. The van der Waals surface area contributed by atoms with E-state index < -0.39 is 0 Å². The van der Waals surface area contributed by atoms with Gasteiger partial charge in [0.1, 0.15) is 11.5 Å². The normalized spacial score (nSPS) is 9.12. The average Bonchev–Trinajstić information content (AvgIpc) is 2.40. The molecule has 0 aliphatic rings. The molecule has 17 heavy (non-hydrogen) atoms. The van der Waals surface area contributed by atoms with Gasteiger partial charge in [-0.2, -0.15) is 0 Å². The van der Waals surface area contributed by atoms with E-state index in [1.54, 1.807) is 0 Å². The van der Waals surface area contributed by atoms with Crippen LogP contribution in [0.2, 0.25) is 0 Å². The van der Waals surface area contributed by atoms with Gasteiger partial charge in [0.15, 0.2) is 0 Å². The van der Waals surface area contributed by atoms with E-state index in [9.17, 15) is 4.79 Å². The topological polar surface area (TPSA) is 26.3 Å². The number of hydrogen-bond acceptors (Lipinski definition) is 2. The van der Waals surface area contributed by atoms with E-state index in [4.69, 9.17) is 4.74 Å². The Labute approximate surface area is 105 Å². The molecule has 0 atom stereocenters. The summed E-state index contributed by atoms with van der Waals surface area (Å²) in [6, 6.07) is 9.93. The third-order valence-corrected chi connectivity index (χ3v) is 2.30. The lowest BCUT2D eigenvalue weighted by Crippen LogP contribution is -1.95. The first-order chi connectivity index (χ1) is 8.24. The van der Waals surface area contributed by atoms with Crippen molar-refractivity contribution in [2.45, 2.75) is 46.5 Å². The minimum Gasteiger partial charge on any atom is -0.494 e. The summed E-state index contributed by atoms with van der Waals surface area (Å²) in [7, 11) is 0. The minimum atomic E-state index is 0.343. The summed E-state index contributed by atoms with van der Waals surface area (Å²) in [6.45, 7) is 6.76. The maximum atomic E-state index is 10.2. The van der Waals surface area contributed by atoms with E-state index in [0.29, 0.717) is 18.6 Å². The molecule has 2 heteroatoms. The number of Topliss-reactive ketones (excluding diaryl/α,β-unsaturated/α-hetero) is 1. The first-order valence-electron chi connectivity index (χ1n) is 6.44. The fraction of sp³-hybridized carbons (Fsp3) is 0.533. The van der Waals surface area contributed by atoms with E-state index in [2.05, 4.69) is 6.92 Å². The second-order valence-electron chi connectivity index (χ2n) is 3.76. The number of carbonyl (C=O) groups excluding carboxylic acids is 1. The van der Waals surface area contributed by atoms with Gasteiger partial charge in [-0.15, -0.1) is 0 Å². The van der Waals surface area contributed by atoms with Gasteiger partial charge >= 0.3 is 0 Å². The third kappa shape index (κ3) is 9.61. The molecule has 0 aliphatic carbocycles. The molecular weight excluding hydrogens is 212 g/mol. The van der Waals surface area contributed by atoms with Crippen LogP contribution < -0.4 is 4.74 Å². The Morgan fingerprint density at radius 2 is 1.65 bits per heavy atom. The van der Waals surface area contributed by atoms with Crippen LogP contribution in [-0.2, 0) is 4.79 Å². The lowest BCUT2D eigenvalue weighted by atomic mass is 10.3. The number of ketones is 1. The van der Waals surface area contributed by atoms with Crippen LogP contribution >= 0.6 is 0 Å². The van der Waals surface area contributed by atoms with Crippen LogP contribution in [0.3, 0.4) is 0 Å². The highest BCUT2D eigenvalue weighted by atomic mass is 16.5. The molecule has 0 heterocycles. The van der Waals surface area contributed by atoms with Crippen molar-refractivity contribution in [2.24, 2.45) is 0 Å². The fourth-order valence-corrected chi connectivity index (χ4v) is 1.10. The summed E-state index contributed by atoms with van der Waals surface area (Å²) in [5.74, 6) is 1.32. The molecule has 0 fully saturated rings. The van der Waals surface area contributed by atoms with Crippen LogP contribution in [0.5, 0.6) is 5.75 Å². The van der Waals surface area contributed by atoms with Crippen LogP contribution in [0.1, 0.15) is 46.5 Å². The fourth-order valence-electron chi connectivity index (χ4n) is 1.10. The zero-order valence-corrected chi connectivity index (χ0v) is 11.2. The maximum absolute atomic E-state index is 10.2. The maximum Gasteiger partial charge on any atom is 0.132 e. The second-order valence-corrected chi connectivity index (χ2v) is 3.76. The van der Waals surface area contributed by atoms with E-state index in [0.717, 1.165) is 18.8 Å². The van der Waals surface area contributed by atoms with Crippen LogP contribution in [0.4, 0.5) is 0 Å². The molecule has 0 N–H and O–H groups in total. The van der Waals surface area contributed by atoms with Crippen molar-refractivity contribution in [3.63, 3.8) is 0 Å². The molecule has 0 spiro atoms. The van der Waals surface area contributed by atoms with Crippen molar-refractivity contribution in [3.05, 3.63) is 30.3 Å². The zero-order valence-electron chi connectivity index (χ0n) is 11.2. The summed E-state index contributed by atoms with van der Waals surface area (Å²) in [6.07, 6.45) is 3.70. The van der Waals surface area contributed by atoms with Gasteiger partial charge in [0.05, 0.1) is 6.61 Å². The number of hydrogen-bond donors (Lipinski definition) is 0. The SMILES string of the molecule is CCC(=O)CC.CCCCOc1ccccc1. The van der Waals surface area contributed by atoms with E-state index in [-0.39, 0.29) is 0 Å². The Morgan fingerprint density at radius 1 is 1.06 bits per heavy atom. The highest BCUT2D eigenvalue weighted by molar-refractivity contribution is 5.77. The Hall–Kier alpha value is -1.31. The van der Waals surface area contributed by atoms with Crippen molar-refractivity contribution < 1.29 is 9.53 Å². The molecule has 0 unspecified atom stereocenters. The van der Waals surface area contributed by atoms with Crippen molar-refractivity contribution in [2.75, 3.05) is 6.61 Å². The predicted molar refractivity (Wildman–Crippen MR) is 72.4 cm³/mol. The predicted octanol–water partition coefficient (Wildman–Crippen LogP) is 4.24. The van der Waals surface area contributed by atoms with Gasteiger partial charge < -0.3 is 4.74 Å². The van der Waals surface area contributed by atoms with Gasteiger partial charge in [-0.3, -0.25) is 4.79 Å². The summed E-state index contributed by atoms with van der Waals surface area (Å²) < 4.78 is 5.45. The van der Waals surface area contributed by atoms with Crippen molar-refractivity contribution >= 4 is 5.78 Å². The summed E-state index contributed by atoms with van der Waals surface area (Å²) in [5, 5.41) is 0. The van der Waals surface area contributed by atoms with Gasteiger partial charge in [0.25, 0.3) is 0 Å². The van der Waals surface area contributed by atoms with Gasteiger partial charge in [-0.25, -0.2) is 0 Å². The first kappa shape index (κ1) is 15.7. The molecule has 1 rings (SSSR count). The highest BCUT2D eigenvalue weighted by Gasteiger charge is 1.88.